The maximum atomic E-state index is 13.7. The fourth-order valence-electron chi connectivity index (χ4n) is 4.20. The fraction of sp³-hybridized carbons (Fsp3) is 0.429. The van der Waals surface area contributed by atoms with Gasteiger partial charge in [0.1, 0.15) is 11.2 Å². The van der Waals surface area contributed by atoms with E-state index < -0.39 is 17.4 Å². The molecule has 2 aromatic rings. The van der Waals surface area contributed by atoms with E-state index in [1.54, 1.807) is 41.5 Å². The number of aryl methyl sites for hydroxylation is 2. The third-order valence-corrected chi connectivity index (χ3v) is 5.72. The van der Waals surface area contributed by atoms with E-state index in [0.29, 0.717) is 12.0 Å². The smallest absolute Gasteiger partial charge is 0.431 e. The van der Waals surface area contributed by atoms with Crippen LogP contribution in [-0.4, -0.2) is 29.2 Å². The predicted octanol–water partition coefficient (Wildman–Crippen LogP) is 6.65. The first kappa shape index (κ1) is 24.7. The Morgan fingerprint density at radius 2 is 1.58 bits per heavy atom. The van der Waals surface area contributed by atoms with Crippen LogP contribution in [0.2, 0.25) is 0 Å². The van der Waals surface area contributed by atoms with Crippen LogP contribution in [0.3, 0.4) is 0 Å². The molecule has 5 nitrogen and oxygen atoms in total. The fourth-order valence-corrected chi connectivity index (χ4v) is 4.20. The SMILES string of the molecule is CCc1ccc(-c2ccc(C)cc2)cc1C1=C(OC(=O)OC(C)C)C(C)(C)OC(C)(C)C1=O. The van der Waals surface area contributed by atoms with Gasteiger partial charge in [0.2, 0.25) is 0 Å². The second-order valence-corrected chi connectivity index (χ2v) is 9.77. The Hall–Kier alpha value is -2.92. The van der Waals surface area contributed by atoms with Gasteiger partial charge in [0.05, 0.1) is 11.7 Å². The first-order valence-corrected chi connectivity index (χ1v) is 11.4. The molecule has 0 fully saturated rings. The van der Waals surface area contributed by atoms with E-state index in [9.17, 15) is 9.59 Å². The summed E-state index contributed by atoms with van der Waals surface area (Å²) in [6.07, 6.45) is -0.488. The minimum Gasteiger partial charge on any atom is -0.431 e. The van der Waals surface area contributed by atoms with Gasteiger partial charge < -0.3 is 14.2 Å². The summed E-state index contributed by atoms with van der Waals surface area (Å²) < 4.78 is 17.0. The molecule has 0 atom stereocenters. The van der Waals surface area contributed by atoms with Crippen LogP contribution in [0.4, 0.5) is 4.79 Å². The van der Waals surface area contributed by atoms with Crippen molar-refractivity contribution < 1.29 is 23.8 Å². The second-order valence-electron chi connectivity index (χ2n) is 9.77. The molecular weight excluding hydrogens is 416 g/mol. The average molecular weight is 451 g/mol. The van der Waals surface area contributed by atoms with Gasteiger partial charge in [0.15, 0.2) is 11.5 Å². The van der Waals surface area contributed by atoms with Crippen LogP contribution in [0.1, 0.15) is 65.2 Å². The number of rotatable bonds is 5. The Morgan fingerprint density at radius 1 is 0.970 bits per heavy atom. The van der Waals surface area contributed by atoms with Gasteiger partial charge in [-0.3, -0.25) is 4.79 Å². The molecule has 0 bridgehead atoms. The first-order valence-electron chi connectivity index (χ1n) is 11.4. The van der Waals surface area contributed by atoms with E-state index in [4.69, 9.17) is 14.2 Å². The molecule has 176 valence electrons. The van der Waals surface area contributed by atoms with Crippen molar-refractivity contribution in [1.82, 2.24) is 0 Å². The molecule has 3 rings (SSSR count). The van der Waals surface area contributed by atoms with Crippen LogP contribution < -0.4 is 0 Å². The van der Waals surface area contributed by atoms with E-state index in [-0.39, 0.29) is 17.6 Å². The lowest BCUT2D eigenvalue weighted by Gasteiger charge is -2.42. The first-order chi connectivity index (χ1) is 15.4. The van der Waals surface area contributed by atoms with E-state index in [2.05, 4.69) is 30.3 Å². The number of ketones is 1. The van der Waals surface area contributed by atoms with Gasteiger partial charge in [0, 0.05) is 0 Å². The molecule has 0 N–H and O–H groups in total. The molecule has 2 aromatic carbocycles. The summed E-state index contributed by atoms with van der Waals surface area (Å²) in [5.74, 6) is -0.0573. The molecule has 1 aliphatic heterocycles. The van der Waals surface area contributed by atoms with Crippen LogP contribution >= 0.6 is 0 Å². The van der Waals surface area contributed by atoms with Crippen LogP contribution in [0.5, 0.6) is 0 Å². The summed E-state index contributed by atoms with van der Waals surface area (Å²) >= 11 is 0. The minimum atomic E-state index is -1.08. The predicted molar refractivity (Wildman–Crippen MR) is 130 cm³/mol. The number of hydrogen-bond acceptors (Lipinski definition) is 5. The highest BCUT2D eigenvalue weighted by molar-refractivity contribution is 6.26. The highest BCUT2D eigenvalue weighted by atomic mass is 16.7. The number of benzene rings is 2. The summed E-state index contributed by atoms with van der Waals surface area (Å²) in [5, 5.41) is 0. The van der Waals surface area contributed by atoms with Gasteiger partial charge in [-0.2, -0.15) is 0 Å². The summed E-state index contributed by atoms with van der Waals surface area (Å²) in [6.45, 7) is 14.7. The van der Waals surface area contributed by atoms with Crippen LogP contribution in [0.15, 0.2) is 48.2 Å². The number of hydrogen-bond donors (Lipinski definition) is 0. The van der Waals surface area contributed by atoms with Crippen LogP contribution in [0, 0.1) is 6.92 Å². The number of carbonyl (C=O) groups is 2. The third kappa shape index (κ3) is 5.19. The zero-order valence-electron chi connectivity index (χ0n) is 20.9. The average Bonchev–Trinajstić information content (AvgIpc) is 2.71. The molecule has 33 heavy (non-hydrogen) atoms. The Balaban J connectivity index is 2.26. The summed E-state index contributed by atoms with van der Waals surface area (Å²) in [4.78, 5) is 26.2. The molecule has 0 aromatic heterocycles. The van der Waals surface area contributed by atoms with Crippen molar-refractivity contribution in [2.75, 3.05) is 0 Å². The lowest BCUT2D eigenvalue weighted by Crippen LogP contribution is -2.50. The van der Waals surface area contributed by atoms with Gasteiger partial charge in [0.25, 0.3) is 0 Å². The molecule has 0 saturated carbocycles. The molecule has 5 heteroatoms. The molecule has 0 spiro atoms. The summed E-state index contributed by atoms with van der Waals surface area (Å²) in [7, 11) is 0. The van der Waals surface area contributed by atoms with E-state index >= 15 is 0 Å². The van der Waals surface area contributed by atoms with E-state index in [1.807, 2.05) is 26.0 Å². The second kappa shape index (κ2) is 9.14. The topological polar surface area (TPSA) is 61.8 Å². The molecule has 0 unspecified atom stereocenters. The van der Waals surface area contributed by atoms with Crippen molar-refractivity contribution in [1.29, 1.82) is 0 Å². The molecule has 0 amide bonds. The Morgan fingerprint density at radius 3 is 2.15 bits per heavy atom. The molecule has 1 heterocycles. The standard InChI is InChI=1S/C28H34O5/c1-9-19-14-15-21(20-12-10-18(4)11-13-20)16-22(19)23-24(29)27(5,6)33-28(7,8)25(23)32-26(30)31-17(2)3/h10-17H,9H2,1-8H3. The Labute approximate surface area is 196 Å². The van der Waals surface area contributed by atoms with E-state index in [0.717, 1.165) is 22.3 Å². The zero-order valence-corrected chi connectivity index (χ0v) is 20.9. The van der Waals surface area contributed by atoms with E-state index in [1.165, 1.54) is 5.56 Å². The molecule has 0 aliphatic carbocycles. The summed E-state index contributed by atoms with van der Waals surface area (Å²) in [5.41, 5.74) is 3.20. The quantitative estimate of drug-likeness (QED) is 0.477. The van der Waals surface area contributed by atoms with Gasteiger partial charge in [-0.05, 0) is 83.2 Å². The molecule has 1 aliphatic rings. The monoisotopic (exact) mass is 450 g/mol. The Bertz CT molecular complexity index is 1090. The number of carbonyl (C=O) groups excluding carboxylic acids is 2. The number of ether oxygens (including phenoxy) is 3. The maximum absolute atomic E-state index is 13.7. The highest BCUT2D eigenvalue weighted by Crippen LogP contribution is 2.43. The maximum Gasteiger partial charge on any atom is 0.513 e. The molecular formula is C28H34O5. The lowest BCUT2D eigenvalue weighted by molar-refractivity contribution is -0.159. The van der Waals surface area contributed by atoms with Gasteiger partial charge in [-0.15, -0.1) is 0 Å². The minimum absolute atomic E-state index is 0.174. The van der Waals surface area contributed by atoms with Crippen molar-refractivity contribution >= 4 is 17.5 Å². The van der Waals surface area contributed by atoms with Crippen molar-refractivity contribution in [2.24, 2.45) is 0 Å². The van der Waals surface area contributed by atoms with Crippen molar-refractivity contribution in [3.05, 3.63) is 64.9 Å². The zero-order chi connectivity index (χ0) is 24.6. The van der Waals surface area contributed by atoms with Crippen molar-refractivity contribution in [2.45, 2.75) is 79.1 Å². The van der Waals surface area contributed by atoms with Gasteiger partial charge in [-0.25, -0.2) is 4.79 Å². The van der Waals surface area contributed by atoms with Gasteiger partial charge >= 0.3 is 6.16 Å². The molecule has 0 saturated heterocycles. The largest absolute Gasteiger partial charge is 0.513 e. The van der Waals surface area contributed by atoms with Crippen molar-refractivity contribution in [3.8, 4) is 11.1 Å². The van der Waals surface area contributed by atoms with Crippen LogP contribution in [0.25, 0.3) is 16.7 Å². The highest BCUT2D eigenvalue weighted by Gasteiger charge is 2.49. The third-order valence-electron chi connectivity index (χ3n) is 5.72. The molecule has 0 radical (unpaired) electrons. The lowest BCUT2D eigenvalue weighted by atomic mass is 9.80. The van der Waals surface area contributed by atoms with Crippen molar-refractivity contribution in [3.63, 3.8) is 0 Å². The summed E-state index contributed by atoms with van der Waals surface area (Å²) in [6, 6.07) is 14.3. The van der Waals surface area contributed by atoms with Crippen LogP contribution in [-0.2, 0) is 25.4 Å². The Kier molecular flexibility index (Phi) is 6.85. The number of Topliss-reactive ketones (excluding diaryl/α,β-unsaturated/α-hetero) is 1. The normalized spacial score (nSPS) is 17.3. The van der Waals surface area contributed by atoms with Gasteiger partial charge in [-0.1, -0.05) is 48.9 Å².